The molecule has 0 aliphatic carbocycles. The first-order valence-corrected chi connectivity index (χ1v) is 10.7. The summed E-state index contributed by atoms with van der Waals surface area (Å²) in [7, 11) is -3.46. The molecule has 1 fully saturated rings. The van der Waals surface area contributed by atoms with Gasteiger partial charge in [0.2, 0.25) is 15.9 Å². The van der Waals surface area contributed by atoms with Crippen LogP contribution in [-0.2, 0) is 14.8 Å². The number of sulfonamides is 1. The van der Waals surface area contributed by atoms with Crippen LogP contribution in [0.5, 0.6) is 0 Å². The summed E-state index contributed by atoms with van der Waals surface area (Å²) in [6, 6.07) is 17.0. The minimum absolute atomic E-state index is 0.0918. The van der Waals surface area contributed by atoms with Crippen LogP contribution in [0.2, 0.25) is 0 Å². The van der Waals surface area contributed by atoms with E-state index < -0.39 is 10.0 Å². The van der Waals surface area contributed by atoms with Crippen LogP contribution in [0.3, 0.4) is 0 Å². The van der Waals surface area contributed by atoms with Crippen LogP contribution in [0.4, 0.5) is 5.69 Å². The highest BCUT2D eigenvalue weighted by Crippen LogP contribution is 2.13. The summed E-state index contributed by atoms with van der Waals surface area (Å²) in [6.07, 6.45) is 1.61. The van der Waals surface area contributed by atoms with Crippen LogP contribution in [0, 0.1) is 6.92 Å². The van der Waals surface area contributed by atoms with Gasteiger partial charge in [-0.25, -0.2) is 8.42 Å². The smallest absolute Gasteiger partial charge is 0.238 e. The lowest BCUT2D eigenvalue weighted by Gasteiger charge is -2.32. The van der Waals surface area contributed by atoms with Gasteiger partial charge in [0.05, 0.1) is 6.54 Å². The molecule has 0 atom stereocenters. The minimum Gasteiger partial charge on any atom is -0.325 e. The molecule has 28 heavy (non-hydrogen) atoms. The Morgan fingerprint density at radius 2 is 1.75 bits per heavy atom. The number of nitrogens with zero attached hydrogens (tertiary/aromatic N) is 2. The highest BCUT2D eigenvalue weighted by atomic mass is 32.2. The predicted molar refractivity (Wildman–Crippen MR) is 112 cm³/mol. The minimum atomic E-state index is -3.46. The number of aryl methyl sites for hydroxylation is 1. The van der Waals surface area contributed by atoms with Gasteiger partial charge in [-0.15, -0.1) is 0 Å². The van der Waals surface area contributed by atoms with Gasteiger partial charge in [0.25, 0.3) is 0 Å². The maximum absolute atomic E-state index is 12.5. The van der Waals surface area contributed by atoms with Crippen molar-refractivity contribution in [3.05, 3.63) is 71.1 Å². The van der Waals surface area contributed by atoms with Crippen molar-refractivity contribution in [2.45, 2.75) is 6.92 Å². The van der Waals surface area contributed by atoms with Crippen molar-refractivity contribution < 1.29 is 13.2 Å². The molecule has 148 valence electrons. The quantitative estimate of drug-likeness (QED) is 0.811. The van der Waals surface area contributed by atoms with E-state index in [4.69, 9.17) is 0 Å². The topological polar surface area (TPSA) is 69.7 Å². The van der Waals surface area contributed by atoms with Gasteiger partial charge in [0.15, 0.2) is 0 Å². The van der Waals surface area contributed by atoms with Crippen LogP contribution in [0.15, 0.2) is 60.0 Å². The summed E-state index contributed by atoms with van der Waals surface area (Å²) in [5.41, 5.74) is 2.70. The van der Waals surface area contributed by atoms with Crippen molar-refractivity contribution >= 4 is 27.7 Å². The van der Waals surface area contributed by atoms with Crippen molar-refractivity contribution in [2.24, 2.45) is 0 Å². The number of anilines is 1. The van der Waals surface area contributed by atoms with Crippen LogP contribution in [0.25, 0.3) is 6.08 Å². The Morgan fingerprint density at radius 3 is 2.43 bits per heavy atom. The van der Waals surface area contributed by atoms with Crippen molar-refractivity contribution in [1.82, 2.24) is 9.21 Å². The maximum atomic E-state index is 12.5. The van der Waals surface area contributed by atoms with Gasteiger partial charge in [-0.1, -0.05) is 42.5 Å². The zero-order valence-electron chi connectivity index (χ0n) is 15.9. The number of amides is 1. The van der Waals surface area contributed by atoms with Crippen LogP contribution >= 0.6 is 0 Å². The zero-order valence-corrected chi connectivity index (χ0v) is 16.7. The highest BCUT2D eigenvalue weighted by Gasteiger charge is 2.25. The van der Waals surface area contributed by atoms with Gasteiger partial charge in [-0.2, -0.15) is 4.31 Å². The first-order chi connectivity index (χ1) is 13.4. The summed E-state index contributed by atoms with van der Waals surface area (Å²) in [4.78, 5) is 14.2. The Kier molecular flexibility index (Phi) is 6.61. The van der Waals surface area contributed by atoms with E-state index >= 15 is 0 Å². The largest absolute Gasteiger partial charge is 0.325 e. The lowest BCUT2D eigenvalue weighted by molar-refractivity contribution is -0.117. The van der Waals surface area contributed by atoms with Gasteiger partial charge in [-0.05, 0) is 36.3 Å². The van der Waals surface area contributed by atoms with Crippen molar-refractivity contribution in [2.75, 3.05) is 38.0 Å². The molecule has 2 aromatic carbocycles. The Balaban J connectivity index is 1.49. The van der Waals surface area contributed by atoms with Gasteiger partial charge in [-0.3, -0.25) is 9.69 Å². The first kappa shape index (κ1) is 20.3. The van der Waals surface area contributed by atoms with E-state index in [2.05, 4.69) is 5.32 Å². The van der Waals surface area contributed by atoms with Gasteiger partial charge in [0.1, 0.15) is 0 Å². The monoisotopic (exact) mass is 399 g/mol. The normalized spacial score (nSPS) is 16.3. The van der Waals surface area contributed by atoms with E-state index in [1.807, 2.05) is 66.4 Å². The van der Waals surface area contributed by atoms with Crippen LogP contribution < -0.4 is 5.32 Å². The van der Waals surface area contributed by atoms with Gasteiger partial charge in [0, 0.05) is 37.3 Å². The molecule has 1 aliphatic heterocycles. The second-order valence-electron chi connectivity index (χ2n) is 6.85. The SMILES string of the molecule is Cc1cccc(NC(=O)CN2CCN(S(=O)(=O)/C=C/c3ccccc3)CC2)c1. The summed E-state index contributed by atoms with van der Waals surface area (Å²) in [5.74, 6) is -0.0918. The van der Waals surface area contributed by atoms with Crippen molar-refractivity contribution in [3.63, 3.8) is 0 Å². The number of benzene rings is 2. The Morgan fingerprint density at radius 1 is 1.04 bits per heavy atom. The molecule has 0 saturated carbocycles. The molecule has 0 bridgehead atoms. The van der Waals surface area contributed by atoms with E-state index in [0.29, 0.717) is 26.2 Å². The second kappa shape index (κ2) is 9.14. The molecule has 0 aromatic heterocycles. The average Bonchev–Trinajstić information content (AvgIpc) is 2.68. The summed E-state index contributed by atoms with van der Waals surface area (Å²) >= 11 is 0. The fraction of sp³-hybridized carbons (Fsp3) is 0.286. The molecule has 2 aromatic rings. The third-order valence-electron chi connectivity index (χ3n) is 4.59. The lowest BCUT2D eigenvalue weighted by atomic mass is 10.2. The molecule has 1 aliphatic rings. The number of piperazine rings is 1. The Labute approximate surface area is 166 Å². The molecular weight excluding hydrogens is 374 g/mol. The van der Waals surface area contributed by atoms with E-state index in [1.54, 1.807) is 6.08 Å². The average molecular weight is 400 g/mol. The second-order valence-corrected chi connectivity index (χ2v) is 8.67. The number of hydrogen-bond donors (Lipinski definition) is 1. The fourth-order valence-electron chi connectivity index (χ4n) is 3.08. The van der Waals surface area contributed by atoms with Crippen molar-refractivity contribution in [3.8, 4) is 0 Å². The number of carbonyl (C=O) groups is 1. The summed E-state index contributed by atoms with van der Waals surface area (Å²) < 4.78 is 26.5. The number of carbonyl (C=O) groups excluding carboxylic acids is 1. The molecule has 0 unspecified atom stereocenters. The highest BCUT2D eigenvalue weighted by molar-refractivity contribution is 7.92. The van der Waals surface area contributed by atoms with Crippen LogP contribution in [-0.4, -0.2) is 56.3 Å². The van der Waals surface area contributed by atoms with Crippen LogP contribution in [0.1, 0.15) is 11.1 Å². The fourth-order valence-corrected chi connectivity index (χ4v) is 4.26. The summed E-state index contributed by atoms with van der Waals surface area (Å²) in [6.45, 7) is 4.03. The third kappa shape index (κ3) is 5.76. The van der Waals surface area contributed by atoms with E-state index in [-0.39, 0.29) is 12.5 Å². The van der Waals surface area contributed by atoms with E-state index in [0.717, 1.165) is 16.8 Å². The van der Waals surface area contributed by atoms with Gasteiger partial charge >= 0.3 is 0 Å². The number of nitrogens with one attached hydrogen (secondary N) is 1. The molecule has 1 N–H and O–H groups in total. The maximum Gasteiger partial charge on any atom is 0.238 e. The lowest BCUT2D eigenvalue weighted by Crippen LogP contribution is -2.49. The molecule has 1 amide bonds. The third-order valence-corrected chi connectivity index (χ3v) is 6.16. The predicted octanol–water partition coefficient (Wildman–Crippen LogP) is 2.55. The number of rotatable bonds is 6. The molecule has 1 saturated heterocycles. The van der Waals surface area contributed by atoms with E-state index in [9.17, 15) is 13.2 Å². The molecule has 3 rings (SSSR count). The Hall–Kier alpha value is -2.48. The summed E-state index contributed by atoms with van der Waals surface area (Å²) in [5, 5.41) is 4.14. The molecule has 0 radical (unpaired) electrons. The standard InChI is InChI=1S/C21H25N3O3S/c1-18-6-5-9-20(16-18)22-21(25)17-23-11-13-24(14-12-23)28(26,27)15-10-19-7-3-2-4-8-19/h2-10,15-16H,11-14,17H2,1H3,(H,22,25)/b15-10+. The molecule has 1 heterocycles. The molecule has 0 spiro atoms. The van der Waals surface area contributed by atoms with E-state index in [1.165, 1.54) is 9.71 Å². The number of hydrogen-bond acceptors (Lipinski definition) is 4. The Bertz CT molecular complexity index is 934. The van der Waals surface area contributed by atoms with Gasteiger partial charge < -0.3 is 5.32 Å². The zero-order chi connectivity index (χ0) is 20.0. The molecule has 7 heteroatoms. The molecule has 6 nitrogen and oxygen atoms in total. The molecular formula is C21H25N3O3S. The first-order valence-electron chi connectivity index (χ1n) is 9.24. The van der Waals surface area contributed by atoms with Crippen molar-refractivity contribution in [1.29, 1.82) is 0 Å².